The molecule has 1 aliphatic heterocycles. The second kappa shape index (κ2) is 17.5. The molecule has 15 nitrogen and oxygen atoms in total. The number of carboxylic acids is 2. The highest BCUT2D eigenvalue weighted by Crippen LogP contribution is 2.34. The summed E-state index contributed by atoms with van der Waals surface area (Å²) in [6.45, 7) is 0.475. The maximum absolute atomic E-state index is 13.0. The first kappa shape index (κ1) is 37.7. The predicted octanol–water partition coefficient (Wildman–Crippen LogP) is 1.93. The number of unbranched alkanes of at least 4 members (excludes halogenated alkanes) is 2. The van der Waals surface area contributed by atoms with Crippen LogP contribution in [0.3, 0.4) is 0 Å². The average molecular weight is 696 g/mol. The Morgan fingerprint density at radius 1 is 0.880 bits per heavy atom. The lowest BCUT2D eigenvalue weighted by atomic mass is 9.86. The van der Waals surface area contributed by atoms with Gasteiger partial charge in [-0.15, -0.1) is 0 Å². The minimum atomic E-state index is -2.47. The van der Waals surface area contributed by atoms with Crippen molar-refractivity contribution in [2.75, 3.05) is 13.2 Å². The Morgan fingerprint density at radius 3 is 2.20 bits per heavy atom. The number of aliphatic hydroxyl groups is 2. The number of aliphatic carboxylic acids is 2. The highest BCUT2D eigenvalue weighted by Gasteiger charge is 2.56. The van der Waals surface area contributed by atoms with Crippen LogP contribution in [-0.4, -0.2) is 99.4 Å². The van der Waals surface area contributed by atoms with E-state index >= 15 is 0 Å². The number of benzene rings is 2. The number of nitrogens with one attached hydrogen (secondary N) is 3. The number of aliphatic hydroxyl groups excluding tert-OH is 2. The second-order valence-electron chi connectivity index (χ2n) is 11.9. The van der Waals surface area contributed by atoms with E-state index in [0.29, 0.717) is 12.8 Å². The molecule has 268 valence electrons. The molecule has 0 radical (unpaired) electrons. The molecule has 4 rings (SSSR count). The van der Waals surface area contributed by atoms with E-state index in [-0.39, 0.29) is 30.8 Å². The maximum atomic E-state index is 13.0. The Hall–Kier alpha value is -5.09. The zero-order valence-electron chi connectivity index (χ0n) is 27.3. The third kappa shape index (κ3) is 9.98. The average Bonchev–Trinajstić information content (AvgIpc) is 3.65. The van der Waals surface area contributed by atoms with Crippen molar-refractivity contribution in [3.05, 3.63) is 84.3 Å². The van der Waals surface area contributed by atoms with E-state index in [1.165, 1.54) is 25.3 Å². The highest BCUT2D eigenvalue weighted by atomic mass is 16.7. The van der Waals surface area contributed by atoms with Gasteiger partial charge < -0.3 is 50.3 Å². The molecule has 3 aromatic rings. The van der Waals surface area contributed by atoms with Crippen LogP contribution in [-0.2, 0) is 23.9 Å². The van der Waals surface area contributed by atoms with Crippen molar-refractivity contribution < 1.29 is 58.3 Å². The summed E-state index contributed by atoms with van der Waals surface area (Å²) >= 11 is 0. The van der Waals surface area contributed by atoms with Crippen LogP contribution in [0.25, 0.3) is 11.1 Å². The van der Waals surface area contributed by atoms with Crippen LogP contribution in [0, 0.1) is 0 Å². The van der Waals surface area contributed by atoms with Gasteiger partial charge in [0.2, 0.25) is 5.91 Å². The zero-order chi connectivity index (χ0) is 36.3. The summed E-state index contributed by atoms with van der Waals surface area (Å²) in [6.07, 6.45) is -3.73. The van der Waals surface area contributed by atoms with E-state index in [1.807, 2.05) is 30.3 Å². The number of rotatable bonds is 17. The summed E-state index contributed by atoms with van der Waals surface area (Å²) in [5.41, 5.74) is 2.12. The first-order valence-corrected chi connectivity index (χ1v) is 16.1. The molecular formula is C35H41N3O12. The molecule has 0 spiro atoms. The Balaban J connectivity index is 1.53. The normalized spacial score (nSPS) is 21.4. The lowest BCUT2D eigenvalue weighted by molar-refractivity contribution is -0.300. The molecule has 1 aliphatic rings. The summed E-state index contributed by atoms with van der Waals surface area (Å²) in [5, 5.41) is 49.4. The number of hydrogen-bond acceptors (Lipinski definition) is 10. The third-order valence-electron chi connectivity index (χ3n) is 8.19. The number of ether oxygens (including phenoxy) is 2. The Labute approximate surface area is 287 Å². The molecule has 0 bridgehead atoms. The lowest BCUT2D eigenvalue weighted by Gasteiger charge is -2.48. The van der Waals surface area contributed by atoms with Crippen molar-refractivity contribution in [3.63, 3.8) is 0 Å². The van der Waals surface area contributed by atoms with Crippen LogP contribution < -0.4 is 16.0 Å². The van der Waals surface area contributed by atoms with Crippen molar-refractivity contribution >= 4 is 29.7 Å². The van der Waals surface area contributed by atoms with Gasteiger partial charge in [0.05, 0.1) is 31.1 Å². The van der Waals surface area contributed by atoms with Crippen molar-refractivity contribution in [3.8, 4) is 11.1 Å². The SMILES string of the molecule is CC(=O)N[C@H]1[C@H]([C@H](O)[C@H](O)CNC(=O)c2ccc(-c3ccccc3)cc2)O[C@@](OCCCCCC(=O)O)(C(=O)O)C[C@@H]1NC(=O)c1ccco1. The van der Waals surface area contributed by atoms with E-state index in [2.05, 4.69) is 16.0 Å². The standard InChI is InChI=1S/C35H41N3O12/c1-21(39)37-29-25(38-33(45)27-11-8-17-48-27)19-35(34(46)47,49-18-7-3-6-12-28(41)42)50-31(29)30(43)26(40)20-36-32(44)24-15-13-23(14-16-24)22-9-4-2-5-10-22/h2,4-5,8-11,13-17,25-26,29-31,40,43H,3,6-7,12,18-20H2,1H3,(H,36,44)(H,37,39)(H,38,45)(H,41,42)(H,46,47)/t25-,26+,29+,30+,31+,35+/m0/s1. The topological polar surface area (TPSA) is 234 Å². The summed E-state index contributed by atoms with van der Waals surface area (Å²) in [5.74, 6) is -7.11. The van der Waals surface area contributed by atoms with Crippen LogP contribution in [0.5, 0.6) is 0 Å². The first-order chi connectivity index (χ1) is 23.9. The summed E-state index contributed by atoms with van der Waals surface area (Å²) in [6, 6.07) is 16.6. The molecule has 0 unspecified atom stereocenters. The zero-order valence-corrected chi connectivity index (χ0v) is 27.3. The minimum Gasteiger partial charge on any atom is -0.481 e. The van der Waals surface area contributed by atoms with E-state index in [4.69, 9.17) is 19.0 Å². The van der Waals surface area contributed by atoms with Crippen LogP contribution in [0.1, 0.15) is 59.9 Å². The Bertz CT molecular complexity index is 1600. The molecule has 2 aromatic carbocycles. The van der Waals surface area contributed by atoms with Crippen molar-refractivity contribution in [2.45, 2.75) is 75.2 Å². The molecule has 3 amide bonds. The highest BCUT2D eigenvalue weighted by molar-refractivity contribution is 5.94. The molecule has 1 fully saturated rings. The molecule has 1 saturated heterocycles. The monoisotopic (exact) mass is 695 g/mol. The van der Waals surface area contributed by atoms with Gasteiger partial charge in [-0.25, -0.2) is 4.79 Å². The quantitative estimate of drug-likeness (QED) is 0.100. The first-order valence-electron chi connectivity index (χ1n) is 16.1. The number of hydrogen-bond donors (Lipinski definition) is 7. The van der Waals surface area contributed by atoms with E-state index < -0.39 is 78.8 Å². The van der Waals surface area contributed by atoms with E-state index in [0.717, 1.165) is 11.1 Å². The number of carbonyl (C=O) groups excluding carboxylic acids is 3. The van der Waals surface area contributed by atoms with Crippen LogP contribution in [0.4, 0.5) is 0 Å². The van der Waals surface area contributed by atoms with Gasteiger partial charge in [-0.3, -0.25) is 19.2 Å². The smallest absolute Gasteiger partial charge is 0.364 e. The number of carboxylic acid groups (broad SMARTS) is 2. The third-order valence-corrected chi connectivity index (χ3v) is 8.19. The van der Waals surface area contributed by atoms with E-state index in [9.17, 15) is 39.3 Å². The van der Waals surface area contributed by atoms with Crippen LogP contribution in [0.2, 0.25) is 0 Å². The van der Waals surface area contributed by atoms with Gasteiger partial charge in [0, 0.05) is 31.9 Å². The maximum Gasteiger partial charge on any atom is 0.364 e. The van der Waals surface area contributed by atoms with Crippen LogP contribution in [0.15, 0.2) is 77.4 Å². The van der Waals surface area contributed by atoms with Gasteiger partial charge in [-0.1, -0.05) is 48.9 Å². The largest absolute Gasteiger partial charge is 0.481 e. The summed E-state index contributed by atoms with van der Waals surface area (Å²) < 4.78 is 16.8. The Morgan fingerprint density at radius 2 is 1.58 bits per heavy atom. The minimum absolute atomic E-state index is 0.0818. The molecule has 0 saturated carbocycles. The molecule has 0 aliphatic carbocycles. The van der Waals surface area contributed by atoms with Gasteiger partial charge in [0.25, 0.3) is 17.6 Å². The molecule has 1 aromatic heterocycles. The number of amides is 3. The van der Waals surface area contributed by atoms with Crippen molar-refractivity contribution in [2.24, 2.45) is 0 Å². The fourth-order valence-electron chi connectivity index (χ4n) is 5.64. The van der Waals surface area contributed by atoms with Gasteiger partial charge >= 0.3 is 11.9 Å². The fourth-order valence-corrected chi connectivity index (χ4v) is 5.64. The molecule has 6 atom stereocenters. The number of carbonyl (C=O) groups is 5. The lowest BCUT2D eigenvalue weighted by Crippen LogP contribution is -2.71. The van der Waals surface area contributed by atoms with E-state index in [1.54, 1.807) is 24.3 Å². The second-order valence-corrected chi connectivity index (χ2v) is 11.9. The van der Waals surface area contributed by atoms with Crippen molar-refractivity contribution in [1.82, 2.24) is 16.0 Å². The van der Waals surface area contributed by atoms with Crippen molar-refractivity contribution in [1.29, 1.82) is 0 Å². The fraction of sp³-hybridized carbons (Fsp3) is 0.400. The molecule has 2 heterocycles. The molecule has 7 N–H and O–H groups in total. The van der Waals surface area contributed by atoms with Gasteiger partial charge in [0.15, 0.2) is 5.76 Å². The molecule has 50 heavy (non-hydrogen) atoms. The molecular weight excluding hydrogens is 654 g/mol. The van der Waals surface area contributed by atoms with Crippen LogP contribution >= 0.6 is 0 Å². The summed E-state index contributed by atoms with van der Waals surface area (Å²) in [4.78, 5) is 61.9. The Kier molecular flexibility index (Phi) is 13.2. The van der Waals surface area contributed by atoms with Gasteiger partial charge in [-0.05, 0) is 48.2 Å². The van der Waals surface area contributed by atoms with Gasteiger partial charge in [-0.2, -0.15) is 0 Å². The van der Waals surface area contributed by atoms with Gasteiger partial charge in [0.1, 0.15) is 12.2 Å². The predicted molar refractivity (Wildman–Crippen MR) is 176 cm³/mol. The molecule has 15 heteroatoms. The number of furan rings is 1. The summed E-state index contributed by atoms with van der Waals surface area (Å²) in [7, 11) is 0.